The van der Waals surface area contributed by atoms with Crippen LogP contribution >= 0.6 is 0 Å². The van der Waals surface area contributed by atoms with Crippen LogP contribution in [0.4, 0.5) is 22.9 Å². The summed E-state index contributed by atoms with van der Waals surface area (Å²) in [6, 6.07) is 29.2. The summed E-state index contributed by atoms with van der Waals surface area (Å²) in [5, 5.41) is 21.4. The summed E-state index contributed by atoms with van der Waals surface area (Å²) in [5.74, 6) is -0.952. The van der Waals surface area contributed by atoms with Gasteiger partial charge in [-0.05, 0) is 36.4 Å². The van der Waals surface area contributed by atoms with E-state index in [-0.39, 0.29) is 0 Å². The van der Waals surface area contributed by atoms with E-state index in [0.717, 1.165) is 28.6 Å². The molecular formula is C24H17N3O3. The third-order valence-corrected chi connectivity index (χ3v) is 4.50. The summed E-state index contributed by atoms with van der Waals surface area (Å²) in [5.41, 5.74) is 3.16. The number of benzene rings is 3. The maximum atomic E-state index is 10.9. The molecule has 0 fully saturated rings. The number of aliphatic carboxylic acids is 1. The highest BCUT2D eigenvalue weighted by atomic mass is 16.4. The molecule has 0 bridgehead atoms. The van der Waals surface area contributed by atoms with Crippen LogP contribution in [0.5, 0.6) is 0 Å². The topological polar surface area (TPSA) is 89.5 Å². The lowest BCUT2D eigenvalue weighted by Gasteiger charge is -2.25. The van der Waals surface area contributed by atoms with Gasteiger partial charge in [0, 0.05) is 40.8 Å². The van der Waals surface area contributed by atoms with E-state index >= 15 is 0 Å². The number of carboxylic acids is 1. The molecule has 0 aliphatic heterocycles. The molecule has 0 spiro atoms. The fourth-order valence-corrected chi connectivity index (χ4v) is 3.12. The van der Waals surface area contributed by atoms with Gasteiger partial charge in [0.25, 0.3) is 0 Å². The summed E-state index contributed by atoms with van der Waals surface area (Å²) < 4.78 is 5.82. The maximum absolute atomic E-state index is 10.9. The number of carbonyl (C=O) groups is 1. The molecule has 1 heterocycles. The fraction of sp³-hybridized carbons (Fsp3) is 0. The van der Waals surface area contributed by atoms with Crippen molar-refractivity contribution < 1.29 is 14.3 Å². The molecule has 0 aliphatic rings. The molecule has 0 saturated heterocycles. The average Bonchev–Trinajstić information content (AvgIpc) is 3.18. The normalized spacial score (nSPS) is 11.1. The van der Waals surface area contributed by atoms with E-state index in [4.69, 9.17) is 14.8 Å². The number of anilines is 4. The van der Waals surface area contributed by atoms with Crippen LogP contribution in [-0.2, 0) is 4.79 Å². The highest BCUT2D eigenvalue weighted by Crippen LogP contribution is 2.36. The number of nitrogens with zero attached hydrogens (tertiary/aromatic N) is 2. The van der Waals surface area contributed by atoms with Crippen LogP contribution in [0.1, 0.15) is 0 Å². The first-order chi connectivity index (χ1) is 14.7. The Morgan fingerprint density at radius 3 is 2.13 bits per heavy atom. The number of para-hydroxylation sites is 2. The molecule has 3 aromatic carbocycles. The number of hydrogen-bond acceptors (Lipinski definition) is 5. The van der Waals surface area contributed by atoms with Crippen molar-refractivity contribution in [2.75, 3.05) is 10.2 Å². The highest BCUT2D eigenvalue weighted by Gasteiger charge is 2.14. The van der Waals surface area contributed by atoms with Crippen LogP contribution in [0.15, 0.2) is 101 Å². The van der Waals surface area contributed by atoms with E-state index < -0.39 is 11.5 Å². The van der Waals surface area contributed by atoms with Crippen LogP contribution in [0.2, 0.25) is 0 Å². The first-order valence-electron chi connectivity index (χ1n) is 9.19. The van der Waals surface area contributed by atoms with E-state index in [1.807, 2.05) is 78.9 Å². The van der Waals surface area contributed by atoms with Crippen LogP contribution in [0.25, 0.3) is 11.0 Å². The van der Waals surface area contributed by atoms with E-state index in [1.54, 1.807) is 12.1 Å². The lowest BCUT2D eigenvalue weighted by molar-refractivity contribution is -0.132. The second-order valence-electron chi connectivity index (χ2n) is 6.46. The molecule has 1 aromatic heterocycles. The van der Waals surface area contributed by atoms with Gasteiger partial charge in [-0.3, -0.25) is 0 Å². The van der Waals surface area contributed by atoms with Crippen molar-refractivity contribution in [1.82, 2.24) is 0 Å². The zero-order valence-corrected chi connectivity index (χ0v) is 15.8. The molecule has 0 radical (unpaired) electrons. The Labute approximate surface area is 172 Å². The summed E-state index contributed by atoms with van der Waals surface area (Å²) >= 11 is 0. The zero-order chi connectivity index (χ0) is 20.9. The molecule has 4 rings (SSSR count). The van der Waals surface area contributed by atoms with Gasteiger partial charge in [-0.15, -0.1) is 0 Å². The standard InChI is InChI=1S/C24H17N3O3/c25-15-18(24(28)29)16-26-23-13-17-11-12-21(14-22(17)30-23)27(19-7-3-1-4-8-19)20-9-5-2-6-10-20/h1-14,16,26H,(H,28,29)/b18-16+. The Morgan fingerprint density at radius 2 is 1.57 bits per heavy atom. The van der Waals surface area contributed by atoms with Gasteiger partial charge < -0.3 is 19.7 Å². The van der Waals surface area contributed by atoms with E-state index in [9.17, 15) is 4.79 Å². The molecule has 6 heteroatoms. The molecular weight excluding hydrogens is 378 g/mol. The van der Waals surface area contributed by atoms with E-state index in [2.05, 4.69) is 10.2 Å². The summed E-state index contributed by atoms with van der Waals surface area (Å²) in [6.45, 7) is 0. The second kappa shape index (κ2) is 8.25. The molecule has 2 N–H and O–H groups in total. The van der Waals surface area contributed by atoms with Gasteiger partial charge in [0.1, 0.15) is 11.7 Å². The van der Waals surface area contributed by atoms with Gasteiger partial charge in [-0.25, -0.2) is 4.79 Å². The Hall–Kier alpha value is -4.50. The number of nitriles is 1. The minimum absolute atomic E-state index is 0.349. The predicted molar refractivity (Wildman–Crippen MR) is 116 cm³/mol. The largest absolute Gasteiger partial charge is 0.477 e. The number of rotatable bonds is 6. The van der Waals surface area contributed by atoms with Gasteiger partial charge in [0.15, 0.2) is 11.5 Å². The van der Waals surface area contributed by atoms with Crippen molar-refractivity contribution in [3.8, 4) is 6.07 Å². The van der Waals surface area contributed by atoms with Crippen molar-refractivity contribution >= 4 is 39.9 Å². The fourth-order valence-electron chi connectivity index (χ4n) is 3.12. The van der Waals surface area contributed by atoms with Crippen LogP contribution in [-0.4, -0.2) is 11.1 Å². The van der Waals surface area contributed by atoms with E-state index in [0.29, 0.717) is 11.5 Å². The number of hydrogen-bond donors (Lipinski definition) is 2. The molecule has 0 amide bonds. The highest BCUT2D eigenvalue weighted by molar-refractivity contribution is 5.92. The van der Waals surface area contributed by atoms with Gasteiger partial charge in [-0.2, -0.15) is 5.26 Å². The van der Waals surface area contributed by atoms with Gasteiger partial charge in [0.05, 0.1) is 0 Å². The number of fused-ring (bicyclic) bond motifs is 1. The summed E-state index contributed by atoms with van der Waals surface area (Å²) in [7, 11) is 0. The van der Waals surface area contributed by atoms with Crippen molar-refractivity contribution in [3.05, 3.63) is 96.7 Å². The average molecular weight is 395 g/mol. The summed E-state index contributed by atoms with van der Waals surface area (Å²) in [4.78, 5) is 13.1. The maximum Gasteiger partial charge on any atom is 0.347 e. The minimum atomic E-state index is -1.30. The third-order valence-electron chi connectivity index (χ3n) is 4.50. The molecule has 6 nitrogen and oxygen atoms in total. The van der Waals surface area contributed by atoms with Crippen LogP contribution in [0.3, 0.4) is 0 Å². The van der Waals surface area contributed by atoms with Gasteiger partial charge in [-0.1, -0.05) is 36.4 Å². The van der Waals surface area contributed by atoms with Crippen molar-refractivity contribution in [2.45, 2.75) is 0 Å². The molecule has 30 heavy (non-hydrogen) atoms. The lowest BCUT2D eigenvalue weighted by Crippen LogP contribution is -2.09. The van der Waals surface area contributed by atoms with Gasteiger partial charge >= 0.3 is 5.97 Å². The molecule has 0 atom stereocenters. The monoisotopic (exact) mass is 395 g/mol. The Balaban J connectivity index is 1.73. The van der Waals surface area contributed by atoms with Crippen LogP contribution < -0.4 is 10.2 Å². The minimum Gasteiger partial charge on any atom is -0.477 e. The first kappa shape index (κ1) is 18.8. The van der Waals surface area contributed by atoms with Crippen molar-refractivity contribution in [3.63, 3.8) is 0 Å². The SMILES string of the molecule is N#C/C(=C\Nc1cc2ccc(N(c3ccccc3)c3ccccc3)cc2o1)C(=O)O. The number of furan rings is 1. The summed E-state index contributed by atoms with van der Waals surface area (Å²) in [6.07, 6.45) is 1.11. The number of nitrogens with one attached hydrogen (secondary N) is 1. The Kier molecular flexibility index (Phi) is 5.18. The smallest absolute Gasteiger partial charge is 0.347 e. The van der Waals surface area contributed by atoms with Gasteiger partial charge in [0.2, 0.25) is 0 Å². The lowest BCUT2D eigenvalue weighted by atomic mass is 10.1. The van der Waals surface area contributed by atoms with E-state index in [1.165, 1.54) is 0 Å². The Bertz CT molecular complexity index is 1220. The van der Waals surface area contributed by atoms with Crippen LogP contribution in [0, 0.1) is 11.3 Å². The Morgan fingerprint density at radius 1 is 0.933 bits per heavy atom. The third kappa shape index (κ3) is 3.86. The molecule has 0 aliphatic carbocycles. The quantitative estimate of drug-likeness (QED) is 0.316. The molecule has 0 unspecified atom stereocenters. The first-order valence-corrected chi connectivity index (χ1v) is 9.19. The van der Waals surface area contributed by atoms with Crippen molar-refractivity contribution in [2.24, 2.45) is 0 Å². The predicted octanol–water partition coefficient (Wildman–Crippen LogP) is 5.81. The number of carboxylic acid groups (broad SMARTS) is 1. The zero-order valence-electron chi connectivity index (χ0n) is 15.8. The van der Waals surface area contributed by atoms with Crippen molar-refractivity contribution in [1.29, 1.82) is 5.26 Å². The second-order valence-corrected chi connectivity index (χ2v) is 6.46. The molecule has 4 aromatic rings. The molecule has 146 valence electrons. The molecule has 0 saturated carbocycles.